The smallest absolute Gasteiger partial charge is 0.263 e. The average Bonchev–Trinajstić information content (AvgIpc) is 2.78. The van der Waals surface area contributed by atoms with Crippen LogP contribution in [0.4, 0.5) is 0 Å². The number of nitrogens with one attached hydrogen (secondary N) is 1. The van der Waals surface area contributed by atoms with Crippen LogP contribution in [-0.4, -0.2) is 64.5 Å². The van der Waals surface area contributed by atoms with Gasteiger partial charge < -0.3 is 14.8 Å². The fraction of sp³-hybridized carbons (Fsp3) is 0.522. The molecule has 1 N–H and O–H groups in total. The molecule has 1 unspecified atom stereocenters. The molecule has 2 aliphatic heterocycles. The number of nitrogens with zero attached hydrogens (tertiary/aromatic N) is 4. The van der Waals surface area contributed by atoms with Crippen molar-refractivity contribution in [3.63, 3.8) is 0 Å². The second-order valence-corrected chi connectivity index (χ2v) is 8.43. The fourth-order valence-electron chi connectivity index (χ4n) is 4.41. The average molecular weight is 482 g/mol. The van der Waals surface area contributed by atoms with E-state index in [1.54, 1.807) is 4.57 Å². The van der Waals surface area contributed by atoms with E-state index in [4.69, 9.17) is 0 Å². The molecule has 0 spiro atoms. The lowest BCUT2D eigenvalue weighted by Gasteiger charge is -2.34. The largest absolute Gasteiger partial charge is 0.336 e. The monoisotopic (exact) mass is 481 g/mol. The van der Waals surface area contributed by atoms with Gasteiger partial charge in [0.05, 0.1) is 5.69 Å². The van der Waals surface area contributed by atoms with Gasteiger partial charge in [0.15, 0.2) is 0 Å². The van der Waals surface area contributed by atoms with Crippen LogP contribution in [0.15, 0.2) is 41.5 Å². The molecule has 7 nitrogen and oxygen atoms in total. The molecule has 0 saturated carbocycles. The van der Waals surface area contributed by atoms with Crippen molar-refractivity contribution in [1.82, 2.24) is 24.7 Å². The van der Waals surface area contributed by atoms with Crippen molar-refractivity contribution < 1.29 is 4.79 Å². The molecule has 4 heterocycles. The summed E-state index contributed by atoms with van der Waals surface area (Å²) in [6.07, 6.45) is 5.91. The summed E-state index contributed by atoms with van der Waals surface area (Å²) in [4.78, 5) is 34.9. The van der Waals surface area contributed by atoms with Gasteiger partial charge in [-0.15, -0.1) is 24.8 Å². The molecule has 1 amide bonds. The summed E-state index contributed by atoms with van der Waals surface area (Å²) in [5, 5.41) is 3.40. The molecule has 2 aromatic heterocycles. The Morgan fingerprint density at radius 1 is 1.16 bits per heavy atom. The number of aromatic nitrogens is 2. The van der Waals surface area contributed by atoms with E-state index in [0.29, 0.717) is 31.1 Å². The van der Waals surface area contributed by atoms with Crippen LogP contribution in [0.1, 0.15) is 34.5 Å². The molecule has 2 fully saturated rings. The first-order chi connectivity index (χ1) is 14.6. The first-order valence-corrected chi connectivity index (χ1v) is 10.9. The molecule has 0 bridgehead atoms. The molecule has 0 aliphatic carbocycles. The Balaban J connectivity index is 0.00000181. The van der Waals surface area contributed by atoms with E-state index in [-0.39, 0.29) is 36.3 Å². The predicted molar refractivity (Wildman–Crippen MR) is 131 cm³/mol. The molecule has 9 heteroatoms. The number of carbonyl (C=O) groups is 1. The van der Waals surface area contributed by atoms with Crippen LogP contribution in [0.2, 0.25) is 0 Å². The van der Waals surface area contributed by atoms with E-state index in [2.05, 4.69) is 15.2 Å². The van der Waals surface area contributed by atoms with Crippen molar-refractivity contribution in [1.29, 1.82) is 0 Å². The highest BCUT2D eigenvalue weighted by Gasteiger charge is 2.26. The van der Waals surface area contributed by atoms with E-state index in [1.165, 1.54) is 0 Å². The molecule has 1 atom stereocenters. The van der Waals surface area contributed by atoms with Gasteiger partial charge in [0.2, 0.25) is 0 Å². The summed E-state index contributed by atoms with van der Waals surface area (Å²) in [7, 11) is 0. The van der Waals surface area contributed by atoms with Gasteiger partial charge in [-0.2, -0.15) is 0 Å². The number of rotatable bonds is 5. The standard InChI is InChI=1S/C23H31N5O2.2ClH/c1-18-7-10-28(16-19-5-4-8-24-15-19)23(30)21(18)22(29)27-13-11-26(12-14-27)17-20-6-2-3-9-25-20;;/h2-3,6-7,9-10,19,24H,4-5,8,11-17H2,1H3;2*1H. The highest BCUT2D eigenvalue weighted by Crippen LogP contribution is 2.14. The SMILES string of the molecule is Cc1ccn(CC2CCCNC2)c(=O)c1C(=O)N1CCN(Cc2ccccn2)CC1.Cl.Cl. The van der Waals surface area contributed by atoms with E-state index in [1.807, 2.05) is 48.5 Å². The Bertz CT molecular complexity index is 924. The van der Waals surface area contributed by atoms with Gasteiger partial charge >= 0.3 is 0 Å². The molecule has 2 aromatic rings. The third-order valence-electron chi connectivity index (χ3n) is 6.21. The zero-order chi connectivity index (χ0) is 20.9. The number of aryl methyl sites for hydroxylation is 1. The zero-order valence-electron chi connectivity index (χ0n) is 18.5. The van der Waals surface area contributed by atoms with Gasteiger partial charge in [0.1, 0.15) is 5.56 Å². The Morgan fingerprint density at radius 3 is 2.59 bits per heavy atom. The van der Waals surface area contributed by atoms with Gasteiger partial charge in [-0.1, -0.05) is 6.07 Å². The Kier molecular flexibility index (Phi) is 10.2. The summed E-state index contributed by atoms with van der Waals surface area (Å²) in [6.45, 7) is 8.14. The van der Waals surface area contributed by atoms with Gasteiger partial charge in [-0.05, 0) is 62.5 Å². The van der Waals surface area contributed by atoms with Crippen molar-refractivity contribution in [2.24, 2.45) is 5.92 Å². The van der Waals surface area contributed by atoms with Gasteiger partial charge in [0, 0.05) is 51.7 Å². The van der Waals surface area contributed by atoms with Crippen molar-refractivity contribution in [2.75, 3.05) is 39.3 Å². The van der Waals surface area contributed by atoms with Gasteiger partial charge in [-0.3, -0.25) is 19.5 Å². The zero-order valence-corrected chi connectivity index (χ0v) is 20.2. The number of piperidine rings is 1. The van der Waals surface area contributed by atoms with Crippen LogP contribution >= 0.6 is 24.8 Å². The molecule has 32 heavy (non-hydrogen) atoms. The predicted octanol–water partition coefficient (Wildman–Crippen LogP) is 2.35. The minimum atomic E-state index is -0.151. The summed E-state index contributed by atoms with van der Waals surface area (Å²) < 4.78 is 1.73. The maximum atomic E-state index is 13.2. The van der Waals surface area contributed by atoms with Gasteiger partial charge in [-0.25, -0.2) is 0 Å². The second-order valence-electron chi connectivity index (χ2n) is 8.43. The lowest BCUT2D eigenvalue weighted by molar-refractivity contribution is 0.0623. The third kappa shape index (κ3) is 6.32. The molecule has 2 saturated heterocycles. The van der Waals surface area contributed by atoms with E-state index in [0.717, 1.165) is 56.8 Å². The Hall–Kier alpha value is -1.93. The lowest BCUT2D eigenvalue weighted by atomic mass is 9.99. The van der Waals surface area contributed by atoms with Crippen LogP contribution < -0.4 is 10.9 Å². The molecular formula is C23H33Cl2N5O2. The first kappa shape index (κ1) is 26.3. The number of carbonyl (C=O) groups excluding carboxylic acids is 1. The minimum Gasteiger partial charge on any atom is -0.336 e. The van der Waals surface area contributed by atoms with Crippen molar-refractivity contribution in [2.45, 2.75) is 32.9 Å². The van der Waals surface area contributed by atoms with Gasteiger partial charge in [0.25, 0.3) is 11.5 Å². The second kappa shape index (κ2) is 12.3. The summed E-state index contributed by atoms with van der Waals surface area (Å²) in [5.41, 5.74) is 1.98. The summed E-state index contributed by atoms with van der Waals surface area (Å²) in [6, 6.07) is 7.84. The van der Waals surface area contributed by atoms with Crippen LogP contribution in [0.5, 0.6) is 0 Å². The van der Waals surface area contributed by atoms with Crippen molar-refractivity contribution >= 4 is 30.7 Å². The summed E-state index contributed by atoms with van der Waals surface area (Å²) >= 11 is 0. The lowest BCUT2D eigenvalue weighted by Crippen LogP contribution is -2.49. The third-order valence-corrected chi connectivity index (χ3v) is 6.21. The van der Waals surface area contributed by atoms with E-state index in [9.17, 15) is 9.59 Å². The highest BCUT2D eigenvalue weighted by molar-refractivity contribution is 5.95. The quantitative estimate of drug-likeness (QED) is 0.709. The van der Waals surface area contributed by atoms with Crippen LogP contribution in [0.25, 0.3) is 0 Å². The van der Waals surface area contributed by atoms with Crippen LogP contribution in [0, 0.1) is 12.8 Å². The molecule has 4 rings (SSSR count). The number of halogens is 2. The van der Waals surface area contributed by atoms with Crippen molar-refractivity contribution in [3.8, 4) is 0 Å². The Morgan fingerprint density at radius 2 is 1.94 bits per heavy atom. The van der Waals surface area contributed by atoms with E-state index >= 15 is 0 Å². The fourth-order valence-corrected chi connectivity index (χ4v) is 4.41. The van der Waals surface area contributed by atoms with E-state index < -0.39 is 0 Å². The topological polar surface area (TPSA) is 70.5 Å². The molecular weight excluding hydrogens is 449 g/mol. The maximum Gasteiger partial charge on any atom is 0.263 e. The number of hydrogen-bond acceptors (Lipinski definition) is 5. The molecule has 176 valence electrons. The summed E-state index contributed by atoms with van der Waals surface area (Å²) in [5.74, 6) is 0.309. The van der Waals surface area contributed by atoms with Crippen LogP contribution in [0.3, 0.4) is 0 Å². The molecule has 0 radical (unpaired) electrons. The number of amides is 1. The Labute approximate surface area is 202 Å². The number of piperazine rings is 1. The molecule has 2 aliphatic rings. The first-order valence-electron chi connectivity index (χ1n) is 10.9. The van der Waals surface area contributed by atoms with Crippen LogP contribution in [-0.2, 0) is 13.1 Å². The minimum absolute atomic E-state index is 0. The number of pyridine rings is 2. The normalized spacial score (nSPS) is 19.0. The maximum absolute atomic E-state index is 13.2. The van der Waals surface area contributed by atoms with Crippen molar-refractivity contribution in [3.05, 3.63) is 63.8 Å². The molecule has 0 aromatic carbocycles. The highest BCUT2D eigenvalue weighted by atomic mass is 35.5. The number of hydrogen-bond donors (Lipinski definition) is 1.